The van der Waals surface area contributed by atoms with Crippen LogP contribution in [0.3, 0.4) is 0 Å². The van der Waals surface area contributed by atoms with Gasteiger partial charge < -0.3 is 46.2 Å². The molecule has 71 heavy (non-hydrogen) atoms. The van der Waals surface area contributed by atoms with Gasteiger partial charge in [-0.3, -0.25) is 28.9 Å². The Bertz CT molecular complexity index is 2540. The van der Waals surface area contributed by atoms with Gasteiger partial charge in [-0.15, -0.1) is 11.3 Å². The Morgan fingerprint density at radius 3 is 2.42 bits per heavy atom. The molecular weight excluding hydrogens is 966 g/mol. The summed E-state index contributed by atoms with van der Waals surface area (Å²) in [6, 6.07) is 9.31. The zero-order valence-electron chi connectivity index (χ0n) is 41.3. The molecule has 6 N–H and O–H groups in total. The quantitative estimate of drug-likeness (QED) is 0.0882. The smallest absolute Gasteiger partial charge is 0.246 e. The standard InChI is InChI=1S/C50H66ClN11O7S2/c1-31-45(70-30-56-31)33-10-11-34(25-55-47(67)37-23-35(64)28-62(37)48(68)46(49(3,4)5)57-32(2)63)38(22-33)69-21-20-59-16-18-61(19-17-59)43(66)24-41(65)58-36-8-7-9-39(44(36)51)71-42-27-53-40(26-54-42)60-14-12-50(6,29-52)13-15-60/h7-11,22,26-27,30,35,37,46,64H,12-21,23-25,28-29,52H2,1-6H3,(H,55,67)(H,57,63)(H,58,65)/t35-,37+,46-/m1/s1. The van der Waals surface area contributed by atoms with Crippen LogP contribution in [0.1, 0.15) is 71.6 Å². The fourth-order valence-corrected chi connectivity index (χ4v) is 10.8. The molecule has 7 rings (SSSR count). The molecule has 21 heteroatoms. The number of piperazine rings is 1. The third kappa shape index (κ3) is 13.8. The number of piperidine rings is 1. The van der Waals surface area contributed by atoms with E-state index in [2.05, 4.69) is 47.6 Å². The number of aromatic nitrogens is 3. The van der Waals surface area contributed by atoms with Crippen LogP contribution in [-0.2, 0) is 30.5 Å². The molecule has 382 valence electrons. The normalized spacial score (nSPS) is 18.7. The van der Waals surface area contributed by atoms with Gasteiger partial charge in [0.15, 0.2) is 0 Å². The van der Waals surface area contributed by atoms with E-state index >= 15 is 0 Å². The highest BCUT2D eigenvalue weighted by Gasteiger charge is 2.44. The van der Waals surface area contributed by atoms with Gasteiger partial charge in [-0.1, -0.05) is 69.3 Å². The number of hydrogen-bond donors (Lipinski definition) is 5. The highest BCUT2D eigenvalue weighted by Crippen LogP contribution is 2.38. The largest absolute Gasteiger partial charge is 0.492 e. The zero-order valence-corrected chi connectivity index (χ0v) is 43.7. The van der Waals surface area contributed by atoms with E-state index in [4.69, 9.17) is 22.1 Å². The van der Waals surface area contributed by atoms with Gasteiger partial charge in [0.2, 0.25) is 29.5 Å². The van der Waals surface area contributed by atoms with Crippen LogP contribution in [0.4, 0.5) is 11.5 Å². The summed E-state index contributed by atoms with van der Waals surface area (Å²) in [6.45, 7) is 16.4. The van der Waals surface area contributed by atoms with Crippen LogP contribution in [0.2, 0.25) is 5.02 Å². The van der Waals surface area contributed by atoms with Gasteiger partial charge >= 0.3 is 0 Å². The van der Waals surface area contributed by atoms with E-state index in [0.717, 1.165) is 53.4 Å². The minimum atomic E-state index is -0.926. The van der Waals surface area contributed by atoms with Crippen LogP contribution >= 0.6 is 34.7 Å². The summed E-state index contributed by atoms with van der Waals surface area (Å²) >= 11 is 9.63. The molecule has 0 spiro atoms. The summed E-state index contributed by atoms with van der Waals surface area (Å²) in [6.07, 6.45) is 4.34. The number of nitrogens with two attached hydrogens (primary N) is 1. The van der Waals surface area contributed by atoms with Crippen LogP contribution < -0.4 is 31.3 Å². The van der Waals surface area contributed by atoms with Crippen molar-refractivity contribution in [3.05, 3.63) is 70.6 Å². The Balaban J connectivity index is 0.890. The number of aliphatic hydroxyl groups excluding tert-OH is 1. The molecule has 18 nitrogen and oxygen atoms in total. The van der Waals surface area contributed by atoms with Crippen molar-refractivity contribution in [2.75, 3.05) is 75.7 Å². The molecule has 2 aromatic carbocycles. The van der Waals surface area contributed by atoms with Crippen molar-refractivity contribution in [2.24, 2.45) is 16.6 Å². The lowest BCUT2D eigenvalue weighted by Crippen LogP contribution is -2.57. The lowest BCUT2D eigenvalue weighted by atomic mass is 9.80. The minimum Gasteiger partial charge on any atom is -0.492 e. The molecule has 3 aliphatic rings. The first-order valence-electron chi connectivity index (χ1n) is 24.0. The average molecular weight is 1030 g/mol. The molecule has 3 aliphatic heterocycles. The number of halogens is 1. The van der Waals surface area contributed by atoms with Gasteiger partial charge in [-0.05, 0) is 60.9 Å². The molecule has 0 radical (unpaired) electrons. The van der Waals surface area contributed by atoms with Gasteiger partial charge in [0.25, 0.3) is 0 Å². The second-order valence-corrected chi connectivity index (χ2v) is 22.2. The Morgan fingerprint density at radius 1 is 1.03 bits per heavy atom. The van der Waals surface area contributed by atoms with Crippen molar-refractivity contribution in [3.63, 3.8) is 0 Å². The lowest BCUT2D eigenvalue weighted by Gasteiger charge is -2.39. The highest BCUT2D eigenvalue weighted by atomic mass is 35.5. The van der Waals surface area contributed by atoms with Crippen LogP contribution in [0, 0.1) is 17.8 Å². The molecule has 0 saturated carbocycles. The number of aliphatic hydroxyl groups is 1. The van der Waals surface area contributed by atoms with Crippen LogP contribution in [0.5, 0.6) is 5.75 Å². The van der Waals surface area contributed by atoms with E-state index in [1.54, 1.807) is 34.9 Å². The van der Waals surface area contributed by atoms with Crippen molar-refractivity contribution in [3.8, 4) is 16.2 Å². The number of nitrogens with one attached hydrogen (secondary N) is 3. The van der Waals surface area contributed by atoms with Crippen molar-refractivity contribution < 1.29 is 33.8 Å². The molecule has 0 aliphatic carbocycles. The molecule has 5 heterocycles. The molecule has 3 saturated heterocycles. The van der Waals surface area contributed by atoms with Crippen molar-refractivity contribution in [1.82, 2.24) is 40.3 Å². The molecule has 3 fully saturated rings. The van der Waals surface area contributed by atoms with E-state index in [1.807, 2.05) is 52.0 Å². The Kier molecular flexibility index (Phi) is 17.6. The first-order valence-corrected chi connectivity index (χ1v) is 26.1. The maximum absolute atomic E-state index is 13.8. The predicted octanol–water partition coefficient (Wildman–Crippen LogP) is 4.96. The molecule has 4 aromatic rings. The van der Waals surface area contributed by atoms with Crippen LogP contribution in [0.25, 0.3) is 10.4 Å². The Labute approximate surface area is 428 Å². The van der Waals surface area contributed by atoms with Gasteiger partial charge in [0.1, 0.15) is 41.7 Å². The molecule has 3 atom stereocenters. The summed E-state index contributed by atoms with van der Waals surface area (Å²) < 4.78 is 6.42. The number of anilines is 2. The van der Waals surface area contributed by atoms with Crippen molar-refractivity contribution in [2.45, 2.75) is 102 Å². The van der Waals surface area contributed by atoms with E-state index in [0.29, 0.717) is 72.3 Å². The third-order valence-electron chi connectivity index (χ3n) is 13.4. The number of likely N-dealkylation sites (tertiary alicyclic amines) is 1. The summed E-state index contributed by atoms with van der Waals surface area (Å²) in [5, 5.41) is 20.1. The van der Waals surface area contributed by atoms with Gasteiger partial charge in [-0.25, -0.2) is 15.0 Å². The highest BCUT2D eigenvalue weighted by molar-refractivity contribution is 7.99. The minimum absolute atomic E-state index is 0.0220. The number of aryl methyl sites for hydroxylation is 1. The van der Waals surface area contributed by atoms with Gasteiger partial charge in [0, 0.05) is 82.7 Å². The van der Waals surface area contributed by atoms with Crippen molar-refractivity contribution in [1.29, 1.82) is 0 Å². The zero-order chi connectivity index (χ0) is 51.0. The Morgan fingerprint density at radius 2 is 1.77 bits per heavy atom. The van der Waals surface area contributed by atoms with Crippen LogP contribution in [-0.4, -0.2) is 148 Å². The number of hydrogen-bond acceptors (Lipinski definition) is 15. The predicted molar refractivity (Wildman–Crippen MR) is 275 cm³/mol. The number of β-amino-alcohol motifs (C(OH)–C–C–N with tert-alkyl or cyclic N) is 1. The second-order valence-electron chi connectivity index (χ2n) is 19.9. The number of ether oxygens (including phenoxy) is 1. The summed E-state index contributed by atoms with van der Waals surface area (Å²) in [5.74, 6) is -0.557. The Hall–Kier alpha value is -5.38. The number of benzene rings is 2. The topological polar surface area (TPSA) is 229 Å². The number of amides is 5. The molecule has 2 aromatic heterocycles. The number of rotatable bonds is 17. The monoisotopic (exact) mass is 1030 g/mol. The first kappa shape index (κ1) is 53.4. The van der Waals surface area contributed by atoms with E-state index in [1.165, 1.54) is 34.9 Å². The molecule has 0 unspecified atom stereocenters. The molecule has 0 bridgehead atoms. The molecule has 5 amide bonds. The summed E-state index contributed by atoms with van der Waals surface area (Å²) in [4.78, 5) is 88.8. The number of nitrogens with zero attached hydrogens (tertiary/aromatic N) is 7. The fourth-order valence-electron chi connectivity index (χ4n) is 8.93. The molecular formula is C50H66ClN11O7S2. The van der Waals surface area contributed by atoms with E-state index in [9.17, 15) is 29.1 Å². The van der Waals surface area contributed by atoms with Gasteiger partial charge in [-0.2, -0.15) is 0 Å². The van der Waals surface area contributed by atoms with Crippen LogP contribution in [0.15, 0.2) is 64.2 Å². The van der Waals surface area contributed by atoms with E-state index in [-0.39, 0.29) is 43.2 Å². The lowest BCUT2D eigenvalue weighted by molar-refractivity contribution is -0.143. The van der Waals surface area contributed by atoms with E-state index < -0.39 is 41.3 Å². The first-order chi connectivity index (χ1) is 33.8. The fraction of sp³-hybridized carbons (Fsp3) is 0.520. The number of thiazole rings is 1. The third-order valence-corrected chi connectivity index (χ3v) is 15.9. The average Bonchev–Trinajstić information content (AvgIpc) is 3.96. The number of carbonyl (C=O) groups is 5. The number of carbonyl (C=O) groups excluding carboxylic acids is 5. The summed E-state index contributed by atoms with van der Waals surface area (Å²) in [7, 11) is 0. The van der Waals surface area contributed by atoms with Gasteiger partial charge in [0.05, 0.1) is 45.3 Å². The maximum atomic E-state index is 13.8. The maximum Gasteiger partial charge on any atom is 0.246 e. The SMILES string of the molecule is CC(=O)N[C@H](C(=O)N1C[C@H](O)C[C@H]1C(=O)NCc1ccc(-c2scnc2C)cc1OCCN1CCN(C(=O)CC(=O)Nc2cccc(Sc3cnc(N4CCC(C)(CN)CC4)cn3)c2Cl)CC1)C(C)(C)C. The summed E-state index contributed by atoms with van der Waals surface area (Å²) in [5.41, 5.74) is 10.2. The van der Waals surface area contributed by atoms with Crippen molar-refractivity contribution >= 4 is 75.7 Å². The second kappa shape index (κ2) is 23.4.